The molecule has 0 atom stereocenters. The molecule has 0 saturated carbocycles. The molecule has 98 valence electrons. The molecule has 0 amide bonds. The third-order valence-electron chi connectivity index (χ3n) is 4.24. The van der Waals surface area contributed by atoms with Crippen LogP contribution in [0.25, 0.3) is 43.5 Å². The van der Waals surface area contributed by atoms with Gasteiger partial charge in [0.25, 0.3) is 0 Å². The molecule has 5 aromatic rings. The van der Waals surface area contributed by atoms with Gasteiger partial charge in [-0.2, -0.15) is 0 Å². The van der Waals surface area contributed by atoms with Crippen LogP contribution >= 0.6 is 0 Å². The van der Waals surface area contributed by atoms with Crippen molar-refractivity contribution in [3.8, 4) is 0 Å². The highest BCUT2D eigenvalue weighted by Gasteiger charge is 2.09. The first-order chi connectivity index (χ1) is 10.4. The van der Waals surface area contributed by atoms with E-state index in [4.69, 9.17) is 4.42 Å². The first kappa shape index (κ1) is 10.9. The van der Waals surface area contributed by atoms with E-state index in [9.17, 15) is 0 Å². The summed E-state index contributed by atoms with van der Waals surface area (Å²) in [5.74, 6) is 0. The summed E-state index contributed by atoms with van der Waals surface area (Å²) in [6, 6.07) is 25.5. The Bertz CT molecular complexity index is 1130. The van der Waals surface area contributed by atoms with Crippen molar-refractivity contribution in [1.82, 2.24) is 0 Å². The van der Waals surface area contributed by atoms with Gasteiger partial charge in [0.1, 0.15) is 11.2 Å². The van der Waals surface area contributed by atoms with Gasteiger partial charge in [0.15, 0.2) is 0 Å². The lowest BCUT2D eigenvalue weighted by Gasteiger charge is -2.03. The predicted molar refractivity (Wildman–Crippen MR) is 88.7 cm³/mol. The van der Waals surface area contributed by atoms with Gasteiger partial charge in [-0.1, -0.05) is 54.6 Å². The molecule has 0 aliphatic heterocycles. The number of benzene rings is 4. The number of furan rings is 1. The van der Waals surface area contributed by atoms with Crippen molar-refractivity contribution in [2.24, 2.45) is 0 Å². The van der Waals surface area contributed by atoms with Gasteiger partial charge >= 0.3 is 0 Å². The number of hydrogen-bond donors (Lipinski definition) is 0. The van der Waals surface area contributed by atoms with Crippen LogP contribution in [0, 0.1) is 0 Å². The predicted octanol–water partition coefficient (Wildman–Crippen LogP) is 5.89. The molecule has 1 aromatic heterocycles. The minimum atomic E-state index is 0.951. The second kappa shape index (κ2) is 3.86. The molecule has 1 heterocycles. The molecular formula is C20H12O. The van der Waals surface area contributed by atoms with Crippen LogP contribution in [0.1, 0.15) is 0 Å². The average Bonchev–Trinajstić information content (AvgIpc) is 2.90. The molecular weight excluding hydrogens is 256 g/mol. The number of hydrogen-bond acceptors (Lipinski definition) is 1. The highest BCUT2D eigenvalue weighted by Crippen LogP contribution is 2.34. The molecule has 0 saturated heterocycles. The molecule has 0 radical (unpaired) electrons. The fourth-order valence-corrected chi connectivity index (χ4v) is 3.23. The standard InChI is InChI=1S/C20H12O/c1-2-6-15-13(5-1)9-10-14-11-20-18(12-17(14)15)16-7-3-4-8-19(16)21-20/h1-12H. The van der Waals surface area contributed by atoms with Gasteiger partial charge in [-0.15, -0.1) is 0 Å². The topological polar surface area (TPSA) is 13.1 Å². The van der Waals surface area contributed by atoms with E-state index >= 15 is 0 Å². The molecule has 5 rings (SSSR count). The van der Waals surface area contributed by atoms with Gasteiger partial charge in [-0.05, 0) is 39.7 Å². The fourth-order valence-electron chi connectivity index (χ4n) is 3.23. The van der Waals surface area contributed by atoms with Crippen molar-refractivity contribution >= 4 is 43.5 Å². The Balaban J connectivity index is 2.06. The van der Waals surface area contributed by atoms with Gasteiger partial charge in [0, 0.05) is 10.8 Å². The SMILES string of the molecule is c1ccc2c(c1)ccc1cc3oc4ccccc4c3cc12. The zero-order valence-corrected chi connectivity index (χ0v) is 11.3. The van der Waals surface area contributed by atoms with E-state index in [1.807, 2.05) is 12.1 Å². The van der Waals surface area contributed by atoms with Crippen LogP contribution < -0.4 is 0 Å². The zero-order valence-electron chi connectivity index (χ0n) is 11.3. The van der Waals surface area contributed by atoms with Crippen molar-refractivity contribution in [1.29, 1.82) is 0 Å². The molecule has 0 unspecified atom stereocenters. The summed E-state index contributed by atoms with van der Waals surface area (Å²) >= 11 is 0. The lowest BCUT2D eigenvalue weighted by molar-refractivity contribution is 0.669. The largest absolute Gasteiger partial charge is 0.456 e. The average molecular weight is 268 g/mol. The molecule has 4 aromatic carbocycles. The Morgan fingerprint density at radius 3 is 2.19 bits per heavy atom. The third-order valence-corrected chi connectivity index (χ3v) is 4.24. The number of rotatable bonds is 0. The van der Waals surface area contributed by atoms with Crippen LogP contribution in [0.2, 0.25) is 0 Å². The Morgan fingerprint density at radius 1 is 0.476 bits per heavy atom. The highest BCUT2D eigenvalue weighted by atomic mass is 16.3. The van der Waals surface area contributed by atoms with Gasteiger partial charge in [-0.25, -0.2) is 0 Å². The van der Waals surface area contributed by atoms with Crippen LogP contribution in [0.4, 0.5) is 0 Å². The van der Waals surface area contributed by atoms with Crippen LogP contribution in [-0.2, 0) is 0 Å². The van der Waals surface area contributed by atoms with Crippen LogP contribution in [0.5, 0.6) is 0 Å². The summed E-state index contributed by atoms with van der Waals surface area (Å²) in [5.41, 5.74) is 1.91. The fraction of sp³-hybridized carbons (Fsp3) is 0. The van der Waals surface area contributed by atoms with Crippen LogP contribution in [0.3, 0.4) is 0 Å². The minimum absolute atomic E-state index is 0.951. The summed E-state index contributed by atoms with van der Waals surface area (Å²) in [6.07, 6.45) is 0. The van der Waals surface area contributed by atoms with Gasteiger partial charge in [-0.3, -0.25) is 0 Å². The van der Waals surface area contributed by atoms with E-state index in [-0.39, 0.29) is 0 Å². The van der Waals surface area contributed by atoms with Crippen molar-refractivity contribution in [3.05, 3.63) is 72.8 Å². The summed E-state index contributed by atoms with van der Waals surface area (Å²) in [7, 11) is 0. The molecule has 0 aliphatic carbocycles. The third kappa shape index (κ3) is 1.46. The van der Waals surface area contributed by atoms with Crippen molar-refractivity contribution in [3.63, 3.8) is 0 Å². The first-order valence-corrected chi connectivity index (χ1v) is 7.13. The smallest absolute Gasteiger partial charge is 0.136 e. The summed E-state index contributed by atoms with van der Waals surface area (Å²) in [5, 5.41) is 7.45. The molecule has 1 heteroatoms. The highest BCUT2D eigenvalue weighted by molar-refractivity contribution is 6.16. The van der Waals surface area contributed by atoms with E-state index in [0.29, 0.717) is 0 Å². The molecule has 21 heavy (non-hydrogen) atoms. The summed E-state index contributed by atoms with van der Waals surface area (Å²) in [4.78, 5) is 0. The normalized spacial score (nSPS) is 11.8. The van der Waals surface area contributed by atoms with Crippen LogP contribution in [-0.4, -0.2) is 0 Å². The Kier molecular flexibility index (Phi) is 2.01. The molecule has 0 N–H and O–H groups in total. The number of fused-ring (bicyclic) bond motifs is 6. The lowest BCUT2D eigenvalue weighted by atomic mass is 10.00. The van der Waals surface area contributed by atoms with Crippen molar-refractivity contribution in [2.75, 3.05) is 0 Å². The molecule has 0 aliphatic rings. The summed E-state index contributed by atoms with van der Waals surface area (Å²) in [6.45, 7) is 0. The second-order valence-corrected chi connectivity index (χ2v) is 5.45. The van der Waals surface area contributed by atoms with Gasteiger partial charge < -0.3 is 4.42 Å². The Labute approximate surface area is 121 Å². The Hall–Kier alpha value is -2.80. The van der Waals surface area contributed by atoms with Gasteiger partial charge in [0.05, 0.1) is 0 Å². The maximum atomic E-state index is 5.97. The van der Waals surface area contributed by atoms with E-state index < -0.39 is 0 Å². The van der Waals surface area contributed by atoms with Crippen molar-refractivity contribution in [2.45, 2.75) is 0 Å². The monoisotopic (exact) mass is 268 g/mol. The molecule has 0 bridgehead atoms. The minimum Gasteiger partial charge on any atom is -0.456 e. The zero-order chi connectivity index (χ0) is 13.8. The van der Waals surface area contributed by atoms with Crippen LogP contribution in [0.15, 0.2) is 77.2 Å². The lowest BCUT2D eigenvalue weighted by Crippen LogP contribution is -1.77. The van der Waals surface area contributed by atoms with Crippen molar-refractivity contribution < 1.29 is 4.42 Å². The van der Waals surface area contributed by atoms with E-state index in [1.165, 1.54) is 32.3 Å². The number of para-hydroxylation sites is 1. The van der Waals surface area contributed by atoms with E-state index in [0.717, 1.165) is 11.2 Å². The Morgan fingerprint density at radius 2 is 1.24 bits per heavy atom. The van der Waals surface area contributed by atoms with E-state index in [1.54, 1.807) is 0 Å². The maximum absolute atomic E-state index is 5.97. The molecule has 0 fully saturated rings. The molecule has 0 spiro atoms. The molecule has 1 nitrogen and oxygen atoms in total. The maximum Gasteiger partial charge on any atom is 0.136 e. The first-order valence-electron chi connectivity index (χ1n) is 7.13. The van der Waals surface area contributed by atoms with E-state index in [2.05, 4.69) is 60.7 Å². The second-order valence-electron chi connectivity index (χ2n) is 5.45. The quantitative estimate of drug-likeness (QED) is 0.319. The van der Waals surface area contributed by atoms with Gasteiger partial charge in [0.2, 0.25) is 0 Å². The summed E-state index contributed by atoms with van der Waals surface area (Å²) < 4.78 is 5.97.